The van der Waals surface area contributed by atoms with Crippen molar-refractivity contribution < 1.29 is 27.4 Å². The summed E-state index contributed by atoms with van der Waals surface area (Å²) in [5.41, 5.74) is 1.74. The Hall–Kier alpha value is -2.50. The third kappa shape index (κ3) is 4.47. The minimum atomic E-state index is -4.38. The third-order valence-electron chi connectivity index (χ3n) is 6.07. The van der Waals surface area contributed by atoms with Gasteiger partial charge in [0.15, 0.2) is 0 Å². The molecule has 6 heteroatoms. The van der Waals surface area contributed by atoms with E-state index in [4.69, 9.17) is 9.47 Å². The van der Waals surface area contributed by atoms with Gasteiger partial charge in [-0.3, -0.25) is 0 Å². The number of esters is 1. The molecule has 0 unspecified atom stereocenters. The SMILES string of the molecule is COC(=O)c1ccc(OCc2ccc(C3CCCC3)c(C(F)(F)F)c2)cc1C1CC1. The number of benzene rings is 2. The standard InChI is InChI=1S/C24H25F3O3/c1-29-23(28)20-11-9-18(13-21(20)17-7-8-17)30-14-15-6-10-19(16-4-2-3-5-16)22(12-15)24(25,26)27/h6,9-13,16-17H,2-5,7-8,14H2,1H3. The van der Waals surface area contributed by atoms with E-state index in [1.807, 2.05) is 6.07 Å². The van der Waals surface area contributed by atoms with E-state index in [9.17, 15) is 18.0 Å². The predicted molar refractivity (Wildman–Crippen MR) is 107 cm³/mol. The molecule has 2 aromatic rings. The first-order chi connectivity index (χ1) is 14.4. The van der Waals surface area contributed by atoms with E-state index in [0.717, 1.165) is 44.1 Å². The van der Waals surface area contributed by atoms with E-state index in [0.29, 0.717) is 28.4 Å². The zero-order valence-corrected chi connectivity index (χ0v) is 16.9. The number of carbonyl (C=O) groups excluding carboxylic acids is 1. The first kappa shape index (κ1) is 20.8. The first-order valence-corrected chi connectivity index (χ1v) is 10.4. The second kappa shape index (κ2) is 8.32. The summed E-state index contributed by atoms with van der Waals surface area (Å²) in [5.74, 6) is 0.451. The van der Waals surface area contributed by atoms with Crippen LogP contribution in [0.3, 0.4) is 0 Å². The summed E-state index contributed by atoms with van der Waals surface area (Å²) in [7, 11) is 1.34. The second-order valence-corrected chi connectivity index (χ2v) is 8.20. The van der Waals surface area contributed by atoms with E-state index in [1.165, 1.54) is 13.2 Å². The fourth-order valence-electron chi connectivity index (χ4n) is 4.36. The molecule has 2 aromatic carbocycles. The third-order valence-corrected chi connectivity index (χ3v) is 6.07. The lowest BCUT2D eigenvalue weighted by atomic mass is 9.91. The maximum Gasteiger partial charge on any atom is 0.416 e. The molecule has 4 rings (SSSR count). The van der Waals surface area contributed by atoms with E-state index in [2.05, 4.69) is 0 Å². The van der Waals surface area contributed by atoms with Crippen LogP contribution < -0.4 is 4.74 Å². The van der Waals surface area contributed by atoms with Crippen LogP contribution in [0.5, 0.6) is 5.75 Å². The van der Waals surface area contributed by atoms with Crippen LogP contribution in [0.2, 0.25) is 0 Å². The molecule has 0 atom stereocenters. The largest absolute Gasteiger partial charge is 0.489 e. The fourth-order valence-corrected chi connectivity index (χ4v) is 4.36. The number of hydrogen-bond donors (Lipinski definition) is 0. The van der Waals surface area contributed by atoms with E-state index in [-0.39, 0.29) is 18.5 Å². The minimum absolute atomic E-state index is 0.0106. The van der Waals surface area contributed by atoms with Gasteiger partial charge in [-0.05, 0) is 78.5 Å². The van der Waals surface area contributed by atoms with Gasteiger partial charge in [-0.25, -0.2) is 4.79 Å². The first-order valence-electron chi connectivity index (χ1n) is 10.4. The van der Waals surface area contributed by atoms with Crippen molar-refractivity contribution >= 4 is 5.97 Å². The molecule has 0 amide bonds. The zero-order chi connectivity index (χ0) is 21.3. The molecule has 0 aliphatic heterocycles. The molecule has 0 aromatic heterocycles. The summed E-state index contributed by atoms with van der Waals surface area (Å²) in [4.78, 5) is 12.0. The number of halogens is 3. The van der Waals surface area contributed by atoms with Crippen molar-refractivity contribution in [3.8, 4) is 5.75 Å². The van der Waals surface area contributed by atoms with Crippen molar-refractivity contribution in [2.45, 2.75) is 63.1 Å². The zero-order valence-electron chi connectivity index (χ0n) is 16.9. The number of carbonyl (C=O) groups is 1. The van der Waals surface area contributed by atoms with Gasteiger partial charge in [-0.2, -0.15) is 13.2 Å². The Morgan fingerprint density at radius 1 is 0.967 bits per heavy atom. The number of rotatable bonds is 6. The Morgan fingerprint density at radius 3 is 2.30 bits per heavy atom. The molecule has 0 radical (unpaired) electrons. The normalized spacial score (nSPS) is 17.2. The van der Waals surface area contributed by atoms with Gasteiger partial charge in [0.1, 0.15) is 12.4 Å². The Labute approximate surface area is 174 Å². The molecular weight excluding hydrogens is 393 g/mol. The molecule has 30 heavy (non-hydrogen) atoms. The molecular formula is C24H25F3O3. The maximum atomic E-state index is 13.7. The fraction of sp³-hybridized carbons (Fsp3) is 0.458. The highest BCUT2D eigenvalue weighted by molar-refractivity contribution is 5.91. The van der Waals surface area contributed by atoms with E-state index in [1.54, 1.807) is 24.3 Å². The Morgan fingerprint density at radius 2 is 1.67 bits per heavy atom. The van der Waals surface area contributed by atoms with Gasteiger partial charge in [-0.1, -0.05) is 25.0 Å². The van der Waals surface area contributed by atoms with Gasteiger partial charge in [0.2, 0.25) is 0 Å². The highest BCUT2D eigenvalue weighted by atomic mass is 19.4. The van der Waals surface area contributed by atoms with Crippen LogP contribution in [0.25, 0.3) is 0 Å². The van der Waals surface area contributed by atoms with Gasteiger partial charge in [-0.15, -0.1) is 0 Å². The molecule has 3 nitrogen and oxygen atoms in total. The highest BCUT2D eigenvalue weighted by Gasteiger charge is 2.36. The molecule has 2 saturated carbocycles. The molecule has 2 fully saturated rings. The Kier molecular flexibility index (Phi) is 5.76. The Balaban J connectivity index is 1.53. The summed E-state index contributed by atoms with van der Waals surface area (Å²) in [6.45, 7) is 0.0374. The maximum absolute atomic E-state index is 13.7. The van der Waals surface area contributed by atoms with E-state index < -0.39 is 11.7 Å². The summed E-state index contributed by atoms with van der Waals surface area (Å²) >= 11 is 0. The highest BCUT2D eigenvalue weighted by Crippen LogP contribution is 2.44. The quantitative estimate of drug-likeness (QED) is 0.496. The summed E-state index contributed by atoms with van der Waals surface area (Å²) in [6, 6.07) is 9.70. The summed E-state index contributed by atoms with van der Waals surface area (Å²) < 4.78 is 51.6. The van der Waals surface area contributed by atoms with Crippen molar-refractivity contribution in [3.63, 3.8) is 0 Å². The molecule has 0 saturated heterocycles. The van der Waals surface area contributed by atoms with Crippen molar-refractivity contribution in [1.82, 2.24) is 0 Å². The molecule has 2 aliphatic rings. The predicted octanol–water partition coefficient (Wildman–Crippen LogP) is 6.61. The van der Waals surface area contributed by atoms with Crippen molar-refractivity contribution in [3.05, 3.63) is 64.2 Å². The monoisotopic (exact) mass is 418 g/mol. The molecule has 0 N–H and O–H groups in total. The minimum Gasteiger partial charge on any atom is -0.489 e. The molecule has 2 aliphatic carbocycles. The van der Waals surface area contributed by atoms with Crippen LogP contribution in [0.1, 0.15) is 83.0 Å². The number of alkyl halides is 3. The van der Waals surface area contributed by atoms with Crippen LogP contribution >= 0.6 is 0 Å². The Bertz CT molecular complexity index is 926. The van der Waals surface area contributed by atoms with E-state index >= 15 is 0 Å². The average Bonchev–Trinajstić information content (AvgIpc) is 3.44. The lowest BCUT2D eigenvalue weighted by molar-refractivity contribution is -0.138. The van der Waals surface area contributed by atoms with Gasteiger partial charge < -0.3 is 9.47 Å². The van der Waals surface area contributed by atoms with Crippen LogP contribution in [0.4, 0.5) is 13.2 Å². The van der Waals surface area contributed by atoms with Crippen molar-refractivity contribution in [2.24, 2.45) is 0 Å². The van der Waals surface area contributed by atoms with Gasteiger partial charge in [0.25, 0.3) is 0 Å². The topological polar surface area (TPSA) is 35.5 Å². The van der Waals surface area contributed by atoms with Crippen LogP contribution in [0.15, 0.2) is 36.4 Å². The number of methoxy groups -OCH3 is 1. The van der Waals surface area contributed by atoms with Crippen LogP contribution in [0, 0.1) is 0 Å². The smallest absolute Gasteiger partial charge is 0.416 e. The number of ether oxygens (including phenoxy) is 2. The molecule has 0 spiro atoms. The van der Waals surface area contributed by atoms with Gasteiger partial charge in [0.05, 0.1) is 18.2 Å². The lowest BCUT2D eigenvalue weighted by Gasteiger charge is -2.19. The lowest BCUT2D eigenvalue weighted by Crippen LogP contribution is -2.12. The van der Waals surface area contributed by atoms with Crippen molar-refractivity contribution in [1.29, 1.82) is 0 Å². The molecule has 160 valence electrons. The second-order valence-electron chi connectivity index (χ2n) is 8.20. The summed E-state index contributed by atoms with van der Waals surface area (Å²) in [5, 5.41) is 0. The van der Waals surface area contributed by atoms with Crippen LogP contribution in [-0.4, -0.2) is 13.1 Å². The van der Waals surface area contributed by atoms with Crippen molar-refractivity contribution in [2.75, 3.05) is 7.11 Å². The molecule has 0 bridgehead atoms. The number of hydrogen-bond acceptors (Lipinski definition) is 3. The summed E-state index contributed by atoms with van der Waals surface area (Å²) in [6.07, 6.45) is 1.23. The van der Waals surface area contributed by atoms with Crippen LogP contribution in [-0.2, 0) is 17.5 Å². The average molecular weight is 418 g/mol. The molecule has 0 heterocycles. The van der Waals surface area contributed by atoms with Gasteiger partial charge in [0, 0.05) is 0 Å². The van der Waals surface area contributed by atoms with Gasteiger partial charge >= 0.3 is 12.1 Å².